The number of ketones is 2. The molecule has 0 aromatic carbocycles. The summed E-state index contributed by atoms with van der Waals surface area (Å²) in [6.07, 6.45) is 0.375. The minimum Gasteiger partial charge on any atom is -0.366 e. The van der Waals surface area contributed by atoms with Crippen molar-refractivity contribution in [3.05, 3.63) is 0 Å². The minimum atomic E-state index is -0.156. The number of rotatable bonds is 6. The zero-order chi connectivity index (χ0) is 11.1. The van der Waals surface area contributed by atoms with Crippen molar-refractivity contribution in [1.29, 1.82) is 0 Å². The Morgan fingerprint density at radius 3 is 2.36 bits per heavy atom. The molecule has 0 aromatic heterocycles. The number of Topliss-reactive ketones (excluding diaryl/α,β-unsaturated/α-hetero) is 2. The summed E-state index contributed by atoms with van der Waals surface area (Å²) >= 11 is 0. The summed E-state index contributed by atoms with van der Waals surface area (Å²) in [7, 11) is 4.97. The van der Waals surface area contributed by atoms with Crippen molar-refractivity contribution in [2.45, 2.75) is 33.6 Å². The minimum absolute atomic E-state index is 0.0131. The SMILES string of the molecule is [B]N/N=C(/CC(=O)C(C)C)C(=O)CC. The largest absolute Gasteiger partial charge is 0.366 e. The molecule has 0 bridgehead atoms. The fourth-order valence-corrected chi connectivity index (χ4v) is 0.852. The summed E-state index contributed by atoms with van der Waals surface area (Å²) in [6.45, 7) is 5.28. The van der Waals surface area contributed by atoms with Crippen LogP contribution in [0.5, 0.6) is 0 Å². The van der Waals surface area contributed by atoms with Gasteiger partial charge in [-0.2, -0.15) is 5.10 Å². The molecule has 1 N–H and O–H groups in total. The highest BCUT2D eigenvalue weighted by atomic mass is 16.1. The molecule has 0 atom stereocenters. The van der Waals surface area contributed by atoms with Gasteiger partial charge in [-0.1, -0.05) is 20.8 Å². The van der Waals surface area contributed by atoms with Crippen LogP contribution in [0, 0.1) is 5.92 Å². The second kappa shape index (κ2) is 6.35. The maximum absolute atomic E-state index is 11.3. The molecule has 0 aliphatic carbocycles. The van der Waals surface area contributed by atoms with Gasteiger partial charge in [0.2, 0.25) is 0 Å². The van der Waals surface area contributed by atoms with E-state index in [2.05, 4.69) is 5.10 Å². The van der Waals surface area contributed by atoms with Gasteiger partial charge in [0.05, 0.1) is 6.42 Å². The Hall–Kier alpha value is -1.13. The Labute approximate surface area is 85.6 Å². The van der Waals surface area contributed by atoms with Gasteiger partial charge in [-0.25, -0.2) is 0 Å². The molecule has 0 heterocycles. The van der Waals surface area contributed by atoms with E-state index in [4.69, 9.17) is 7.98 Å². The normalized spacial score (nSPS) is 11.6. The van der Waals surface area contributed by atoms with Crippen molar-refractivity contribution in [3.8, 4) is 0 Å². The maximum atomic E-state index is 11.3. The fraction of sp³-hybridized carbons (Fsp3) is 0.667. The quantitative estimate of drug-likeness (QED) is 0.382. The van der Waals surface area contributed by atoms with E-state index in [9.17, 15) is 9.59 Å². The Kier molecular flexibility index (Phi) is 5.84. The summed E-state index contributed by atoms with van der Waals surface area (Å²) in [5.74, 6) is -0.264. The van der Waals surface area contributed by atoms with Crippen molar-refractivity contribution >= 4 is 25.3 Å². The lowest BCUT2D eigenvalue weighted by Gasteiger charge is -2.05. The van der Waals surface area contributed by atoms with Crippen molar-refractivity contribution < 1.29 is 9.59 Å². The van der Waals surface area contributed by atoms with Gasteiger partial charge in [0.1, 0.15) is 11.5 Å². The van der Waals surface area contributed by atoms with Crippen LogP contribution in [0.4, 0.5) is 0 Å². The number of hydrogen-bond acceptors (Lipinski definition) is 4. The highest BCUT2D eigenvalue weighted by molar-refractivity contribution is 6.42. The second-order valence-electron chi connectivity index (χ2n) is 3.26. The molecule has 0 rings (SSSR count). The Balaban J connectivity index is 4.47. The van der Waals surface area contributed by atoms with E-state index in [0.717, 1.165) is 0 Å². The lowest BCUT2D eigenvalue weighted by molar-refractivity contribution is -0.121. The van der Waals surface area contributed by atoms with E-state index in [1.54, 1.807) is 20.8 Å². The van der Waals surface area contributed by atoms with E-state index < -0.39 is 0 Å². The molecule has 4 nitrogen and oxygen atoms in total. The molecule has 5 heteroatoms. The summed E-state index contributed by atoms with van der Waals surface area (Å²) in [5, 5.41) is 5.63. The van der Waals surface area contributed by atoms with Gasteiger partial charge >= 0.3 is 0 Å². The van der Waals surface area contributed by atoms with Crippen LogP contribution in [-0.4, -0.2) is 25.3 Å². The topological polar surface area (TPSA) is 58.5 Å². The molecular weight excluding hydrogens is 179 g/mol. The third-order valence-corrected chi connectivity index (χ3v) is 1.83. The molecule has 0 fully saturated rings. The number of carbonyl (C=O) groups is 2. The summed E-state index contributed by atoms with van der Waals surface area (Å²) in [6, 6.07) is 0. The van der Waals surface area contributed by atoms with E-state index in [1.807, 2.05) is 5.34 Å². The predicted molar refractivity (Wildman–Crippen MR) is 56.1 cm³/mol. The van der Waals surface area contributed by atoms with Crippen LogP contribution in [0.2, 0.25) is 0 Å². The first-order valence-electron chi connectivity index (χ1n) is 4.61. The van der Waals surface area contributed by atoms with Crippen molar-refractivity contribution in [2.24, 2.45) is 11.0 Å². The fourth-order valence-electron chi connectivity index (χ4n) is 0.852. The average molecular weight is 194 g/mol. The van der Waals surface area contributed by atoms with Crippen LogP contribution in [-0.2, 0) is 9.59 Å². The second-order valence-corrected chi connectivity index (χ2v) is 3.26. The van der Waals surface area contributed by atoms with Gasteiger partial charge in [-0.05, 0) is 0 Å². The predicted octanol–water partition coefficient (Wildman–Crippen LogP) is 0.610. The first kappa shape index (κ1) is 12.9. The van der Waals surface area contributed by atoms with Crippen LogP contribution in [0.3, 0.4) is 0 Å². The highest BCUT2D eigenvalue weighted by Crippen LogP contribution is 2.02. The molecule has 0 aromatic rings. The molecule has 0 saturated heterocycles. The molecule has 0 unspecified atom stereocenters. The molecule has 0 saturated carbocycles. The van der Waals surface area contributed by atoms with E-state index in [-0.39, 0.29) is 29.6 Å². The lowest BCUT2D eigenvalue weighted by atomic mass is 10.0. The van der Waals surface area contributed by atoms with Gasteiger partial charge in [0, 0.05) is 12.3 Å². The summed E-state index contributed by atoms with van der Waals surface area (Å²) in [4.78, 5) is 22.6. The third-order valence-electron chi connectivity index (χ3n) is 1.83. The summed E-state index contributed by atoms with van der Waals surface area (Å²) in [5.41, 5.74) is 0.203. The first-order chi connectivity index (χ1) is 6.52. The van der Waals surface area contributed by atoms with Crippen LogP contribution in [0.25, 0.3) is 0 Å². The van der Waals surface area contributed by atoms with Crippen molar-refractivity contribution in [3.63, 3.8) is 0 Å². The number of nitrogens with one attached hydrogen (secondary N) is 1. The molecular formula is C9H15BN2O2. The van der Waals surface area contributed by atoms with Gasteiger partial charge in [-0.15, -0.1) is 0 Å². The Morgan fingerprint density at radius 1 is 1.43 bits per heavy atom. The zero-order valence-electron chi connectivity index (χ0n) is 8.83. The first-order valence-corrected chi connectivity index (χ1v) is 4.61. The van der Waals surface area contributed by atoms with Gasteiger partial charge in [0.15, 0.2) is 5.78 Å². The Bertz CT molecular complexity index is 249. The smallest absolute Gasteiger partial charge is 0.251 e. The molecule has 0 aliphatic rings. The number of carbonyl (C=O) groups excluding carboxylic acids is 2. The molecule has 76 valence electrons. The Morgan fingerprint density at radius 2 is 2.00 bits per heavy atom. The van der Waals surface area contributed by atoms with E-state index >= 15 is 0 Å². The van der Waals surface area contributed by atoms with Crippen LogP contribution < -0.4 is 5.34 Å². The molecule has 0 spiro atoms. The van der Waals surface area contributed by atoms with Crippen LogP contribution in [0.15, 0.2) is 5.10 Å². The molecule has 14 heavy (non-hydrogen) atoms. The van der Waals surface area contributed by atoms with Crippen LogP contribution in [0.1, 0.15) is 33.6 Å². The standard InChI is InChI=1S/C9H15BN2O2/c1-4-8(13)7(11-12-10)5-9(14)6(2)3/h6,12H,4-5H2,1-3H3/b11-7-. The van der Waals surface area contributed by atoms with Crippen molar-refractivity contribution in [2.75, 3.05) is 0 Å². The van der Waals surface area contributed by atoms with Crippen molar-refractivity contribution in [1.82, 2.24) is 5.34 Å². The lowest BCUT2D eigenvalue weighted by Crippen LogP contribution is -2.22. The number of nitrogens with zero attached hydrogens (tertiary/aromatic N) is 1. The molecule has 0 aliphatic heterocycles. The van der Waals surface area contributed by atoms with E-state index in [0.29, 0.717) is 6.42 Å². The van der Waals surface area contributed by atoms with E-state index in [1.165, 1.54) is 0 Å². The average Bonchev–Trinajstić information content (AvgIpc) is 2.15. The molecule has 2 radical (unpaired) electrons. The maximum Gasteiger partial charge on any atom is 0.251 e. The monoisotopic (exact) mass is 194 g/mol. The number of hydrazone groups is 1. The van der Waals surface area contributed by atoms with Gasteiger partial charge < -0.3 is 5.34 Å². The van der Waals surface area contributed by atoms with Crippen LogP contribution >= 0.6 is 0 Å². The zero-order valence-corrected chi connectivity index (χ0v) is 8.83. The number of hydrogen-bond donors (Lipinski definition) is 1. The van der Waals surface area contributed by atoms with Gasteiger partial charge in [-0.3, -0.25) is 9.59 Å². The third kappa shape index (κ3) is 4.21. The molecule has 0 amide bonds. The van der Waals surface area contributed by atoms with Gasteiger partial charge in [0.25, 0.3) is 7.98 Å². The highest BCUT2D eigenvalue weighted by Gasteiger charge is 2.16. The summed E-state index contributed by atoms with van der Waals surface area (Å²) < 4.78 is 0.